The van der Waals surface area contributed by atoms with Gasteiger partial charge in [-0.3, -0.25) is 0 Å². The summed E-state index contributed by atoms with van der Waals surface area (Å²) < 4.78 is 11.0. The number of benzene rings is 2. The first-order valence-electron chi connectivity index (χ1n) is 8.16. The van der Waals surface area contributed by atoms with Crippen molar-refractivity contribution in [2.24, 2.45) is 5.41 Å². The molecule has 2 aromatic carbocycles. The Morgan fingerprint density at radius 1 is 0.917 bits per heavy atom. The average Bonchev–Trinajstić information content (AvgIpc) is 2.62. The van der Waals surface area contributed by atoms with Crippen molar-refractivity contribution in [2.75, 3.05) is 20.8 Å². The zero-order valence-corrected chi connectivity index (χ0v) is 14.5. The Morgan fingerprint density at radius 2 is 1.38 bits per heavy atom. The van der Waals surface area contributed by atoms with E-state index in [1.807, 2.05) is 42.5 Å². The largest absolute Gasteiger partial charge is 0.496 e. The monoisotopic (exact) mass is 326 g/mol. The highest BCUT2D eigenvalue weighted by molar-refractivity contribution is 5.38. The van der Waals surface area contributed by atoms with Crippen LogP contribution in [0.15, 0.2) is 61.2 Å². The molecule has 0 bridgehead atoms. The molecule has 3 heteroatoms. The first-order valence-corrected chi connectivity index (χ1v) is 8.16. The molecule has 0 aliphatic carbocycles. The molecule has 0 aliphatic heterocycles. The van der Waals surface area contributed by atoms with Gasteiger partial charge in [0.2, 0.25) is 0 Å². The lowest BCUT2D eigenvalue weighted by Gasteiger charge is -2.31. The number of allylic oxidation sites excluding steroid dienone is 1. The average molecular weight is 326 g/mol. The maximum atomic E-state index is 9.63. The topological polar surface area (TPSA) is 38.7 Å². The molecule has 2 aromatic rings. The Balaban J connectivity index is 2.37. The maximum Gasteiger partial charge on any atom is 0.122 e. The van der Waals surface area contributed by atoms with Gasteiger partial charge in [0.25, 0.3) is 0 Å². The molecule has 0 aromatic heterocycles. The molecule has 0 radical (unpaired) electrons. The number of hydrogen-bond acceptors (Lipinski definition) is 3. The Labute approximate surface area is 144 Å². The number of para-hydroxylation sites is 2. The molecular weight excluding hydrogens is 300 g/mol. The van der Waals surface area contributed by atoms with Crippen LogP contribution in [0.1, 0.15) is 17.5 Å². The van der Waals surface area contributed by atoms with Gasteiger partial charge >= 0.3 is 0 Å². The summed E-state index contributed by atoms with van der Waals surface area (Å²) >= 11 is 0. The molecule has 0 spiro atoms. The van der Waals surface area contributed by atoms with E-state index in [4.69, 9.17) is 9.47 Å². The minimum atomic E-state index is -0.266. The van der Waals surface area contributed by atoms with Crippen LogP contribution in [0.5, 0.6) is 11.5 Å². The minimum absolute atomic E-state index is 0.107. The number of hydrogen-bond donors (Lipinski definition) is 1. The second-order valence-corrected chi connectivity index (χ2v) is 6.02. The molecule has 0 amide bonds. The van der Waals surface area contributed by atoms with Crippen LogP contribution in [-0.2, 0) is 12.8 Å². The Bertz CT molecular complexity index is 614. The van der Waals surface area contributed by atoms with Crippen LogP contribution < -0.4 is 9.47 Å². The summed E-state index contributed by atoms with van der Waals surface area (Å²) in [6, 6.07) is 16.0. The van der Waals surface area contributed by atoms with Gasteiger partial charge in [0.1, 0.15) is 11.5 Å². The minimum Gasteiger partial charge on any atom is -0.496 e. The van der Waals surface area contributed by atoms with E-state index < -0.39 is 0 Å². The van der Waals surface area contributed by atoms with Gasteiger partial charge in [0, 0.05) is 6.61 Å². The molecule has 0 saturated heterocycles. The van der Waals surface area contributed by atoms with Crippen molar-refractivity contribution in [3.8, 4) is 11.5 Å². The smallest absolute Gasteiger partial charge is 0.122 e. The van der Waals surface area contributed by atoms with Gasteiger partial charge < -0.3 is 14.6 Å². The molecular formula is C21H26O3. The van der Waals surface area contributed by atoms with Gasteiger partial charge in [0.05, 0.1) is 14.2 Å². The lowest BCUT2D eigenvalue weighted by atomic mass is 9.74. The third kappa shape index (κ3) is 4.18. The number of ether oxygens (including phenoxy) is 2. The molecule has 24 heavy (non-hydrogen) atoms. The first-order chi connectivity index (χ1) is 11.7. The van der Waals surface area contributed by atoms with E-state index in [0.717, 1.165) is 35.5 Å². The van der Waals surface area contributed by atoms with Crippen LogP contribution in [0, 0.1) is 5.41 Å². The molecule has 2 rings (SSSR count). The fourth-order valence-corrected chi connectivity index (χ4v) is 3.16. The summed E-state index contributed by atoms with van der Waals surface area (Å²) in [5, 5.41) is 9.63. The van der Waals surface area contributed by atoms with Crippen LogP contribution in [0.4, 0.5) is 0 Å². The summed E-state index contributed by atoms with van der Waals surface area (Å²) in [7, 11) is 3.36. The van der Waals surface area contributed by atoms with Gasteiger partial charge in [-0.15, -0.1) is 6.58 Å². The normalized spacial score (nSPS) is 11.1. The lowest BCUT2D eigenvalue weighted by molar-refractivity contribution is 0.215. The molecule has 0 heterocycles. The highest BCUT2D eigenvalue weighted by Crippen LogP contribution is 2.37. The van der Waals surface area contributed by atoms with Crippen molar-refractivity contribution < 1.29 is 14.6 Å². The van der Waals surface area contributed by atoms with Crippen molar-refractivity contribution in [1.82, 2.24) is 0 Å². The van der Waals surface area contributed by atoms with Crippen LogP contribution in [0.3, 0.4) is 0 Å². The quantitative estimate of drug-likeness (QED) is 0.707. The fraction of sp³-hybridized carbons (Fsp3) is 0.333. The zero-order valence-electron chi connectivity index (χ0n) is 14.5. The number of rotatable bonds is 9. The molecule has 3 nitrogen and oxygen atoms in total. The molecule has 0 atom stereocenters. The number of aliphatic hydroxyl groups is 1. The third-order valence-corrected chi connectivity index (χ3v) is 4.51. The number of methoxy groups -OCH3 is 2. The fourth-order valence-electron chi connectivity index (χ4n) is 3.16. The molecule has 128 valence electrons. The van der Waals surface area contributed by atoms with Crippen LogP contribution >= 0.6 is 0 Å². The molecule has 0 fully saturated rings. The van der Waals surface area contributed by atoms with E-state index in [0.29, 0.717) is 6.42 Å². The van der Waals surface area contributed by atoms with Gasteiger partial charge in [-0.1, -0.05) is 42.5 Å². The summed E-state index contributed by atoms with van der Waals surface area (Å²) in [6.45, 7) is 4.17. The van der Waals surface area contributed by atoms with Crippen molar-refractivity contribution in [3.63, 3.8) is 0 Å². The highest BCUT2D eigenvalue weighted by Gasteiger charge is 2.29. The predicted molar refractivity (Wildman–Crippen MR) is 97.7 cm³/mol. The van der Waals surface area contributed by atoms with E-state index in [9.17, 15) is 5.11 Å². The Hall–Kier alpha value is -2.26. The summed E-state index contributed by atoms with van der Waals surface area (Å²) in [4.78, 5) is 0. The van der Waals surface area contributed by atoms with Crippen molar-refractivity contribution in [3.05, 3.63) is 72.3 Å². The highest BCUT2D eigenvalue weighted by atomic mass is 16.5. The first kappa shape index (κ1) is 18.1. The van der Waals surface area contributed by atoms with E-state index in [1.165, 1.54) is 0 Å². The maximum absolute atomic E-state index is 9.63. The van der Waals surface area contributed by atoms with Crippen LogP contribution in [-0.4, -0.2) is 25.9 Å². The second kappa shape index (κ2) is 8.55. The van der Waals surface area contributed by atoms with Crippen molar-refractivity contribution in [1.29, 1.82) is 0 Å². The van der Waals surface area contributed by atoms with Crippen molar-refractivity contribution >= 4 is 0 Å². The molecule has 0 aliphatic rings. The lowest BCUT2D eigenvalue weighted by Crippen LogP contribution is -2.26. The van der Waals surface area contributed by atoms with Crippen LogP contribution in [0.2, 0.25) is 0 Å². The molecule has 0 unspecified atom stereocenters. The molecule has 0 saturated carbocycles. The van der Waals surface area contributed by atoms with Crippen LogP contribution in [0.25, 0.3) is 0 Å². The third-order valence-electron chi connectivity index (χ3n) is 4.51. The second-order valence-electron chi connectivity index (χ2n) is 6.02. The Kier molecular flexibility index (Phi) is 6.44. The van der Waals surface area contributed by atoms with E-state index >= 15 is 0 Å². The van der Waals surface area contributed by atoms with E-state index in [-0.39, 0.29) is 12.0 Å². The number of aliphatic hydroxyl groups excluding tert-OH is 1. The van der Waals surface area contributed by atoms with E-state index in [2.05, 4.69) is 18.7 Å². The zero-order chi connectivity index (χ0) is 17.4. The SMILES string of the molecule is C=CC(CCO)(Cc1ccccc1OC)Cc1ccccc1OC. The standard InChI is InChI=1S/C21H26O3/c1-4-21(13-14-22,15-17-9-5-7-11-19(17)23-2)16-18-10-6-8-12-20(18)24-3/h4-12,22H,1,13-16H2,2-3H3. The predicted octanol–water partition coefficient (Wildman–Crippen LogP) is 4.04. The van der Waals surface area contributed by atoms with Gasteiger partial charge in [-0.2, -0.15) is 0 Å². The summed E-state index contributed by atoms with van der Waals surface area (Å²) in [5.74, 6) is 1.73. The van der Waals surface area contributed by atoms with Gasteiger partial charge in [0.15, 0.2) is 0 Å². The summed E-state index contributed by atoms with van der Waals surface area (Å²) in [5.41, 5.74) is 1.96. The van der Waals surface area contributed by atoms with E-state index in [1.54, 1.807) is 14.2 Å². The van der Waals surface area contributed by atoms with Gasteiger partial charge in [-0.05, 0) is 47.9 Å². The van der Waals surface area contributed by atoms with Crippen molar-refractivity contribution in [2.45, 2.75) is 19.3 Å². The molecule has 1 N–H and O–H groups in total. The Morgan fingerprint density at radius 3 is 1.75 bits per heavy atom. The summed E-state index contributed by atoms with van der Waals surface area (Å²) in [6.07, 6.45) is 4.09. The van der Waals surface area contributed by atoms with Gasteiger partial charge in [-0.25, -0.2) is 0 Å².